The minimum atomic E-state index is -0.341. The average Bonchev–Trinajstić information content (AvgIpc) is 2.93. The van der Waals surface area contributed by atoms with Gasteiger partial charge >= 0.3 is 0 Å². The molecule has 2 aliphatic heterocycles. The Hall–Kier alpha value is -1.89. The lowest BCUT2D eigenvalue weighted by molar-refractivity contribution is 0.0298. The number of hydrogen-bond acceptors (Lipinski definition) is 4. The lowest BCUT2D eigenvalue weighted by atomic mass is 10.1. The summed E-state index contributed by atoms with van der Waals surface area (Å²) in [6, 6.07) is 0. The fourth-order valence-electron chi connectivity index (χ4n) is 3.20. The van der Waals surface area contributed by atoms with Crippen LogP contribution in [0, 0.1) is 0 Å². The molecule has 0 radical (unpaired) electrons. The van der Waals surface area contributed by atoms with Crippen molar-refractivity contribution in [3.8, 4) is 0 Å². The second kappa shape index (κ2) is 6.55. The van der Waals surface area contributed by atoms with Crippen LogP contribution in [-0.2, 0) is 17.7 Å². The summed E-state index contributed by atoms with van der Waals surface area (Å²) in [7, 11) is 0. The van der Waals surface area contributed by atoms with Crippen LogP contribution in [0.25, 0.3) is 0 Å². The smallest absolute Gasteiger partial charge is 0.287 e. The van der Waals surface area contributed by atoms with Crippen LogP contribution in [-0.4, -0.2) is 58.1 Å². The van der Waals surface area contributed by atoms with E-state index < -0.39 is 0 Å². The van der Waals surface area contributed by atoms with Crippen LogP contribution in [0.4, 0.5) is 0 Å². The Morgan fingerprint density at radius 2 is 1.83 bits per heavy atom. The van der Waals surface area contributed by atoms with E-state index in [1.165, 1.54) is 0 Å². The highest BCUT2D eigenvalue weighted by atomic mass is 16.5. The molecule has 132 valence electrons. The van der Waals surface area contributed by atoms with Gasteiger partial charge in [0.15, 0.2) is 5.82 Å². The number of ether oxygens (including phenoxy) is 1. The Morgan fingerprint density at radius 1 is 1.12 bits per heavy atom. The van der Waals surface area contributed by atoms with Gasteiger partial charge in [0.05, 0.1) is 18.9 Å². The normalized spacial score (nSPS) is 18.2. The molecule has 0 unspecified atom stereocenters. The average molecular weight is 334 g/mol. The number of fused-ring (bicyclic) bond motifs is 1. The Labute approximate surface area is 142 Å². The Bertz CT molecular complexity index is 639. The molecule has 3 rings (SSSR count). The van der Waals surface area contributed by atoms with Crippen LogP contribution < -0.4 is 5.32 Å². The van der Waals surface area contributed by atoms with Crippen molar-refractivity contribution in [2.75, 3.05) is 26.3 Å². The largest absolute Gasteiger partial charge is 0.378 e. The van der Waals surface area contributed by atoms with Crippen molar-refractivity contribution >= 4 is 11.8 Å². The second-order valence-electron chi connectivity index (χ2n) is 7.45. The molecule has 1 N–H and O–H groups in total. The summed E-state index contributed by atoms with van der Waals surface area (Å²) in [5.41, 5.74) is 0.999. The highest BCUT2D eigenvalue weighted by Crippen LogP contribution is 2.23. The van der Waals surface area contributed by atoms with E-state index >= 15 is 0 Å². The number of nitrogens with one attached hydrogen (secondary N) is 1. The summed E-state index contributed by atoms with van der Waals surface area (Å²) in [5.74, 6) is 0.0571. The SMILES string of the molecule is CC(C)(C)NC(=O)c1nc(C(=O)N2CCOCC2)c2n1CCCC2. The highest BCUT2D eigenvalue weighted by Gasteiger charge is 2.31. The molecule has 3 heterocycles. The number of carbonyl (C=O) groups is 2. The van der Waals surface area contributed by atoms with Gasteiger partial charge in [0.1, 0.15) is 5.69 Å². The summed E-state index contributed by atoms with van der Waals surface area (Å²) in [6.45, 7) is 8.81. The van der Waals surface area contributed by atoms with Crippen molar-refractivity contribution in [1.82, 2.24) is 19.8 Å². The van der Waals surface area contributed by atoms with Crippen LogP contribution in [0.15, 0.2) is 0 Å². The second-order valence-corrected chi connectivity index (χ2v) is 7.45. The summed E-state index contributed by atoms with van der Waals surface area (Å²) < 4.78 is 7.24. The van der Waals surface area contributed by atoms with E-state index in [0.29, 0.717) is 37.8 Å². The minimum Gasteiger partial charge on any atom is -0.378 e. The molecule has 0 spiro atoms. The van der Waals surface area contributed by atoms with Gasteiger partial charge in [-0.3, -0.25) is 9.59 Å². The zero-order valence-corrected chi connectivity index (χ0v) is 14.7. The van der Waals surface area contributed by atoms with Crippen molar-refractivity contribution in [2.24, 2.45) is 0 Å². The number of morpholine rings is 1. The first-order valence-electron chi connectivity index (χ1n) is 8.66. The van der Waals surface area contributed by atoms with Crippen LogP contribution >= 0.6 is 0 Å². The quantitative estimate of drug-likeness (QED) is 0.882. The maximum atomic E-state index is 12.9. The van der Waals surface area contributed by atoms with Gasteiger partial charge in [-0.25, -0.2) is 4.98 Å². The molecular weight excluding hydrogens is 308 g/mol. The van der Waals surface area contributed by atoms with Crippen molar-refractivity contribution in [1.29, 1.82) is 0 Å². The van der Waals surface area contributed by atoms with Gasteiger partial charge < -0.3 is 19.5 Å². The lowest BCUT2D eigenvalue weighted by Crippen LogP contribution is -2.42. The standard InChI is InChI=1S/C17H26N4O3/c1-17(2,3)19-15(22)14-18-13(12-6-4-5-7-21(12)14)16(23)20-8-10-24-11-9-20/h4-11H2,1-3H3,(H,19,22). The van der Waals surface area contributed by atoms with Crippen molar-refractivity contribution in [3.05, 3.63) is 17.2 Å². The Morgan fingerprint density at radius 3 is 2.50 bits per heavy atom. The molecule has 7 nitrogen and oxygen atoms in total. The summed E-state index contributed by atoms with van der Waals surface area (Å²) in [4.78, 5) is 31.7. The number of imidazole rings is 1. The van der Waals surface area contributed by atoms with E-state index in [1.54, 1.807) is 4.90 Å². The molecule has 1 aromatic heterocycles. The first kappa shape index (κ1) is 17.0. The zero-order valence-electron chi connectivity index (χ0n) is 14.7. The Kier molecular flexibility index (Phi) is 4.62. The molecule has 0 saturated carbocycles. The summed E-state index contributed by atoms with van der Waals surface area (Å²) in [6.07, 6.45) is 2.82. The fraction of sp³-hybridized carbons (Fsp3) is 0.706. The molecule has 1 aromatic rings. The number of hydrogen-bond donors (Lipinski definition) is 1. The minimum absolute atomic E-state index is 0.0845. The third-order valence-corrected chi connectivity index (χ3v) is 4.31. The molecule has 1 fully saturated rings. The van der Waals surface area contributed by atoms with E-state index in [2.05, 4.69) is 10.3 Å². The van der Waals surface area contributed by atoms with Crippen LogP contribution in [0.2, 0.25) is 0 Å². The van der Waals surface area contributed by atoms with E-state index in [-0.39, 0.29) is 17.4 Å². The van der Waals surface area contributed by atoms with Gasteiger partial charge in [-0.1, -0.05) is 0 Å². The molecule has 24 heavy (non-hydrogen) atoms. The lowest BCUT2D eigenvalue weighted by Gasteiger charge is -2.26. The van der Waals surface area contributed by atoms with Gasteiger partial charge in [-0.2, -0.15) is 0 Å². The number of aromatic nitrogens is 2. The molecule has 0 bridgehead atoms. The molecular formula is C17H26N4O3. The fourth-order valence-corrected chi connectivity index (χ4v) is 3.20. The third-order valence-electron chi connectivity index (χ3n) is 4.31. The molecule has 0 atom stereocenters. The predicted octanol–water partition coefficient (Wildman–Crippen LogP) is 1.22. The van der Waals surface area contributed by atoms with Gasteiger partial charge in [0.25, 0.3) is 11.8 Å². The van der Waals surface area contributed by atoms with E-state index in [0.717, 1.165) is 31.5 Å². The van der Waals surface area contributed by atoms with Gasteiger partial charge in [0, 0.05) is 25.2 Å². The summed E-state index contributed by atoms with van der Waals surface area (Å²) >= 11 is 0. The monoisotopic (exact) mass is 334 g/mol. The Balaban J connectivity index is 1.92. The number of nitrogens with zero attached hydrogens (tertiary/aromatic N) is 3. The molecule has 2 amide bonds. The van der Waals surface area contributed by atoms with Crippen molar-refractivity contribution < 1.29 is 14.3 Å². The van der Waals surface area contributed by atoms with Crippen molar-refractivity contribution in [3.63, 3.8) is 0 Å². The first-order chi connectivity index (χ1) is 11.4. The number of amides is 2. The number of rotatable bonds is 2. The van der Waals surface area contributed by atoms with E-state index in [9.17, 15) is 9.59 Å². The highest BCUT2D eigenvalue weighted by molar-refractivity contribution is 5.97. The molecule has 2 aliphatic rings. The number of carbonyl (C=O) groups excluding carboxylic acids is 2. The maximum absolute atomic E-state index is 12.9. The van der Waals surface area contributed by atoms with Crippen LogP contribution in [0.1, 0.15) is 60.4 Å². The van der Waals surface area contributed by atoms with E-state index in [4.69, 9.17) is 4.74 Å². The van der Waals surface area contributed by atoms with Gasteiger partial charge in [0.2, 0.25) is 0 Å². The van der Waals surface area contributed by atoms with Gasteiger partial charge in [-0.05, 0) is 40.0 Å². The molecule has 0 aromatic carbocycles. The molecule has 0 aliphatic carbocycles. The summed E-state index contributed by atoms with van der Waals surface area (Å²) in [5, 5.41) is 2.95. The van der Waals surface area contributed by atoms with Crippen LogP contribution in [0.3, 0.4) is 0 Å². The third kappa shape index (κ3) is 3.45. The zero-order chi connectivity index (χ0) is 17.3. The molecule has 1 saturated heterocycles. The topological polar surface area (TPSA) is 76.5 Å². The maximum Gasteiger partial charge on any atom is 0.287 e. The van der Waals surface area contributed by atoms with Crippen molar-refractivity contribution in [2.45, 2.75) is 52.1 Å². The van der Waals surface area contributed by atoms with Gasteiger partial charge in [-0.15, -0.1) is 0 Å². The van der Waals surface area contributed by atoms with E-state index in [1.807, 2.05) is 25.3 Å². The van der Waals surface area contributed by atoms with Crippen LogP contribution in [0.5, 0.6) is 0 Å². The molecule has 7 heteroatoms. The predicted molar refractivity (Wildman–Crippen MR) is 89.1 cm³/mol. The first-order valence-corrected chi connectivity index (χ1v) is 8.66.